The van der Waals surface area contributed by atoms with E-state index in [9.17, 15) is 18.0 Å². The lowest BCUT2D eigenvalue weighted by atomic mass is 10.1. The summed E-state index contributed by atoms with van der Waals surface area (Å²) in [5.74, 6) is -0.239. The maximum Gasteiger partial charge on any atom is 0.407 e. The normalized spacial score (nSPS) is 11.4. The molecule has 2 amide bonds. The van der Waals surface area contributed by atoms with Gasteiger partial charge in [0.15, 0.2) is 5.65 Å². The summed E-state index contributed by atoms with van der Waals surface area (Å²) in [4.78, 5) is 33.0. The second-order valence-electron chi connectivity index (χ2n) is 8.24. The van der Waals surface area contributed by atoms with Crippen molar-refractivity contribution in [2.24, 2.45) is 0 Å². The minimum Gasteiger partial charge on any atom is -0.450 e. The molecule has 1 aromatic carbocycles. The zero-order chi connectivity index (χ0) is 26.3. The Morgan fingerprint density at radius 2 is 1.89 bits per heavy atom. The van der Waals surface area contributed by atoms with Crippen LogP contribution in [0.1, 0.15) is 60.5 Å². The lowest BCUT2D eigenvalue weighted by Gasteiger charge is -2.11. The molecule has 0 spiro atoms. The molecule has 0 atom stereocenters. The van der Waals surface area contributed by atoms with Crippen molar-refractivity contribution in [3.63, 3.8) is 0 Å². The summed E-state index contributed by atoms with van der Waals surface area (Å²) >= 11 is 6.50. The Morgan fingerprint density at radius 3 is 2.58 bits per heavy atom. The van der Waals surface area contributed by atoms with E-state index in [0.29, 0.717) is 35.0 Å². The molecule has 0 radical (unpaired) electrons. The van der Waals surface area contributed by atoms with Gasteiger partial charge in [-0.2, -0.15) is 0 Å². The third kappa shape index (κ3) is 7.17. The SMILES string of the molecule is CCCCCS(=O)(=O)NC(=O)c1ccc2nc(C)n(Cc3ccc(CNC(=O)OCC)cc3Cl)c2n1. The number of carbonyl (C=O) groups is 2. The molecule has 0 fully saturated rings. The molecule has 0 saturated carbocycles. The molecule has 3 rings (SSSR count). The number of imidazole rings is 1. The predicted molar refractivity (Wildman–Crippen MR) is 137 cm³/mol. The second-order valence-corrected chi connectivity index (χ2v) is 10.5. The first-order chi connectivity index (χ1) is 17.1. The van der Waals surface area contributed by atoms with Crippen molar-refractivity contribution in [2.45, 2.75) is 53.1 Å². The van der Waals surface area contributed by atoms with Gasteiger partial charge in [-0.15, -0.1) is 0 Å². The number of pyridine rings is 1. The summed E-state index contributed by atoms with van der Waals surface area (Å²) in [6.07, 6.45) is 1.62. The molecule has 2 aromatic heterocycles. The van der Waals surface area contributed by atoms with Crippen molar-refractivity contribution < 1.29 is 22.7 Å². The molecule has 0 aliphatic carbocycles. The highest BCUT2D eigenvalue weighted by molar-refractivity contribution is 7.90. The fourth-order valence-electron chi connectivity index (χ4n) is 3.57. The average molecular weight is 536 g/mol. The standard InChI is InChI=1S/C24H30ClN5O5S/c1-4-6-7-12-36(33,34)29-23(31)21-11-10-20-22(28-21)30(16(3)27-20)15-18-9-8-17(13-19(18)25)14-26-24(32)35-5-2/h8-11,13H,4-7,12,14-15H2,1-3H3,(H,26,32)(H,29,31). The van der Waals surface area contributed by atoms with Crippen LogP contribution in [0, 0.1) is 6.92 Å². The minimum absolute atomic E-state index is 0.0193. The van der Waals surface area contributed by atoms with Gasteiger partial charge in [-0.25, -0.2) is 27.9 Å². The Bertz CT molecular complexity index is 1360. The summed E-state index contributed by atoms with van der Waals surface area (Å²) in [5, 5.41) is 3.14. The Hall–Kier alpha value is -3.18. The van der Waals surface area contributed by atoms with E-state index in [1.165, 1.54) is 6.07 Å². The molecule has 0 aliphatic rings. The molecule has 0 saturated heterocycles. The van der Waals surface area contributed by atoms with Crippen molar-refractivity contribution >= 4 is 44.8 Å². The van der Waals surface area contributed by atoms with Crippen LogP contribution >= 0.6 is 11.6 Å². The van der Waals surface area contributed by atoms with Gasteiger partial charge in [-0.1, -0.05) is 43.5 Å². The number of aryl methyl sites for hydroxylation is 1. The minimum atomic E-state index is -3.74. The van der Waals surface area contributed by atoms with Crippen LogP contribution in [0.4, 0.5) is 4.79 Å². The number of aromatic nitrogens is 3. The summed E-state index contributed by atoms with van der Waals surface area (Å²) in [7, 11) is -3.74. The van der Waals surface area contributed by atoms with Gasteiger partial charge in [0.2, 0.25) is 10.0 Å². The number of unbranched alkanes of at least 4 members (excludes halogenated alkanes) is 2. The number of ether oxygens (including phenoxy) is 1. The Kier molecular flexibility index (Phi) is 9.27. The number of alkyl carbamates (subject to hydrolysis) is 1. The number of carbonyl (C=O) groups excluding carboxylic acids is 2. The van der Waals surface area contributed by atoms with E-state index in [1.807, 2.05) is 26.0 Å². The number of halogens is 1. The van der Waals surface area contributed by atoms with E-state index in [1.54, 1.807) is 23.6 Å². The maximum atomic E-state index is 12.6. The Morgan fingerprint density at radius 1 is 1.11 bits per heavy atom. The number of amides is 2. The van der Waals surface area contributed by atoms with E-state index < -0.39 is 22.0 Å². The lowest BCUT2D eigenvalue weighted by molar-refractivity contribution is 0.0976. The van der Waals surface area contributed by atoms with E-state index >= 15 is 0 Å². The van der Waals surface area contributed by atoms with Crippen LogP contribution in [0.2, 0.25) is 5.02 Å². The van der Waals surface area contributed by atoms with Crippen LogP contribution in [-0.4, -0.2) is 47.3 Å². The van der Waals surface area contributed by atoms with Crippen LogP contribution < -0.4 is 10.0 Å². The quantitative estimate of drug-likeness (QED) is 0.355. The highest BCUT2D eigenvalue weighted by Gasteiger charge is 2.19. The molecule has 2 heterocycles. The third-order valence-electron chi connectivity index (χ3n) is 5.44. The first-order valence-corrected chi connectivity index (χ1v) is 13.7. The predicted octanol–water partition coefficient (Wildman–Crippen LogP) is 3.94. The summed E-state index contributed by atoms with van der Waals surface area (Å²) < 4.78 is 33.2. The number of nitrogens with one attached hydrogen (secondary N) is 2. The molecule has 2 N–H and O–H groups in total. The fourth-order valence-corrected chi connectivity index (χ4v) is 4.91. The number of hydrogen-bond acceptors (Lipinski definition) is 7. The fraction of sp³-hybridized carbons (Fsp3) is 0.417. The van der Waals surface area contributed by atoms with Gasteiger partial charge in [0, 0.05) is 11.6 Å². The van der Waals surface area contributed by atoms with E-state index in [2.05, 4.69) is 20.0 Å². The van der Waals surface area contributed by atoms with Gasteiger partial charge < -0.3 is 14.6 Å². The van der Waals surface area contributed by atoms with Crippen LogP contribution in [0.25, 0.3) is 11.2 Å². The molecular weight excluding hydrogens is 506 g/mol. The number of benzene rings is 1. The molecule has 3 aromatic rings. The summed E-state index contributed by atoms with van der Waals surface area (Å²) in [6.45, 7) is 6.41. The molecule has 0 bridgehead atoms. The average Bonchev–Trinajstić information content (AvgIpc) is 3.13. The molecular formula is C24H30ClN5O5S. The molecule has 0 unspecified atom stereocenters. The molecule has 36 heavy (non-hydrogen) atoms. The van der Waals surface area contributed by atoms with E-state index in [0.717, 1.165) is 24.0 Å². The zero-order valence-electron chi connectivity index (χ0n) is 20.5. The van der Waals surface area contributed by atoms with Crippen LogP contribution in [0.3, 0.4) is 0 Å². The van der Waals surface area contributed by atoms with Gasteiger partial charge in [0.05, 0.1) is 18.9 Å². The van der Waals surface area contributed by atoms with Crippen LogP contribution in [-0.2, 0) is 27.8 Å². The molecule has 12 heteroatoms. The van der Waals surface area contributed by atoms with Gasteiger partial charge in [0.25, 0.3) is 5.91 Å². The van der Waals surface area contributed by atoms with E-state index in [-0.39, 0.29) is 24.6 Å². The second kappa shape index (κ2) is 12.2. The van der Waals surface area contributed by atoms with Crippen molar-refractivity contribution in [1.29, 1.82) is 0 Å². The third-order valence-corrected chi connectivity index (χ3v) is 7.11. The largest absolute Gasteiger partial charge is 0.450 e. The number of fused-ring (bicyclic) bond motifs is 1. The summed E-state index contributed by atoms with van der Waals surface area (Å²) in [5.41, 5.74) is 2.58. The van der Waals surface area contributed by atoms with Crippen molar-refractivity contribution in [3.05, 3.63) is 58.0 Å². The van der Waals surface area contributed by atoms with Crippen LogP contribution in [0.5, 0.6) is 0 Å². The van der Waals surface area contributed by atoms with Crippen LogP contribution in [0.15, 0.2) is 30.3 Å². The highest BCUT2D eigenvalue weighted by Crippen LogP contribution is 2.22. The smallest absolute Gasteiger partial charge is 0.407 e. The maximum absolute atomic E-state index is 12.6. The number of rotatable bonds is 11. The number of hydrogen-bond donors (Lipinski definition) is 2. The van der Waals surface area contributed by atoms with Gasteiger partial charge >= 0.3 is 6.09 Å². The monoisotopic (exact) mass is 535 g/mol. The Labute approximate surface area is 215 Å². The van der Waals surface area contributed by atoms with Gasteiger partial charge in [-0.05, 0) is 49.6 Å². The van der Waals surface area contributed by atoms with Crippen molar-refractivity contribution in [3.8, 4) is 0 Å². The summed E-state index contributed by atoms with van der Waals surface area (Å²) in [6, 6.07) is 8.53. The molecule has 10 nitrogen and oxygen atoms in total. The van der Waals surface area contributed by atoms with Gasteiger partial charge in [0.1, 0.15) is 17.0 Å². The number of sulfonamides is 1. The van der Waals surface area contributed by atoms with Crippen molar-refractivity contribution in [1.82, 2.24) is 24.6 Å². The highest BCUT2D eigenvalue weighted by atomic mass is 35.5. The molecule has 0 aliphatic heterocycles. The lowest BCUT2D eigenvalue weighted by Crippen LogP contribution is -2.33. The first kappa shape index (κ1) is 27.4. The van der Waals surface area contributed by atoms with Gasteiger partial charge in [-0.3, -0.25) is 4.79 Å². The number of nitrogens with zero attached hydrogens (tertiary/aromatic N) is 3. The zero-order valence-corrected chi connectivity index (χ0v) is 22.1. The van der Waals surface area contributed by atoms with E-state index in [4.69, 9.17) is 16.3 Å². The molecule has 194 valence electrons. The Balaban J connectivity index is 1.79. The van der Waals surface area contributed by atoms with Crippen molar-refractivity contribution in [2.75, 3.05) is 12.4 Å². The first-order valence-electron chi connectivity index (χ1n) is 11.7. The topological polar surface area (TPSA) is 132 Å².